The fourth-order valence-electron chi connectivity index (χ4n) is 2.12. The van der Waals surface area contributed by atoms with Crippen LogP contribution in [0.25, 0.3) is 0 Å². The van der Waals surface area contributed by atoms with E-state index in [2.05, 4.69) is 16.0 Å². The topological polar surface area (TPSA) is 96.2 Å². The summed E-state index contributed by atoms with van der Waals surface area (Å²) in [5, 5.41) is 8.49. The van der Waals surface area contributed by atoms with Gasteiger partial charge in [0.05, 0.1) is 6.04 Å². The summed E-state index contributed by atoms with van der Waals surface area (Å²) < 4.78 is 0. The van der Waals surface area contributed by atoms with Crippen LogP contribution < -0.4 is 21.7 Å². The van der Waals surface area contributed by atoms with Crippen LogP contribution in [0.4, 0.5) is 16.2 Å². The molecule has 0 bridgehead atoms. The third kappa shape index (κ3) is 4.71. The van der Waals surface area contributed by atoms with Crippen molar-refractivity contribution in [2.45, 2.75) is 25.3 Å². The smallest absolute Gasteiger partial charge is 0.316 e. The summed E-state index contributed by atoms with van der Waals surface area (Å²) in [5.74, 6) is -0.0454. The number of urea groups is 1. The quantitative estimate of drug-likeness (QED) is 0.683. The molecule has 0 saturated carbocycles. The van der Waals surface area contributed by atoms with E-state index in [1.54, 1.807) is 24.3 Å². The molecule has 0 spiro atoms. The number of anilines is 2. The molecule has 110 valence electrons. The van der Waals surface area contributed by atoms with Gasteiger partial charge in [0.2, 0.25) is 5.91 Å². The predicted molar refractivity (Wildman–Crippen MR) is 81.2 cm³/mol. The molecular formula is C13H19ClN4O2. The Bertz CT molecular complexity index is 475. The first-order valence-corrected chi connectivity index (χ1v) is 6.36. The molecule has 20 heavy (non-hydrogen) atoms. The Morgan fingerprint density at radius 3 is 2.50 bits per heavy atom. The molecule has 3 amide bonds. The molecule has 1 aromatic rings. The van der Waals surface area contributed by atoms with Gasteiger partial charge in [0.25, 0.3) is 0 Å². The second-order valence-corrected chi connectivity index (χ2v) is 4.56. The van der Waals surface area contributed by atoms with Crippen molar-refractivity contribution in [2.75, 3.05) is 17.2 Å². The van der Waals surface area contributed by atoms with Crippen LogP contribution in [0.5, 0.6) is 0 Å². The normalized spacial score (nSPS) is 17.7. The molecule has 7 heteroatoms. The van der Waals surface area contributed by atoms with Gasteiger partial charge in [-0.1, -0.05) is 12.5 Å². The summed E-state index contributed by atoms with van der Waals surface area (Å²) in [5.41, 5.74) is 6.24. The van der Waals surface area contributed by atoms with E-state index in [0.29, 0.717) is 11.4 Å². The van der Waals surface area contributed by atoms with E-state index in [1.807, 2.05) is 0 Å². The Balaban J connectivity index is 0.00000200. The summed E-state index contributed by atoms with van der Waals surface area (Å²) in [7, 11) is 0. The van der Waals surface area contributed by atoms with Crippen molar-refractivity contribution in [1.29, 1.82) is 0 Å². The van der Waals surface area contributed by atoms with E-state index < -0.39 is 6.03 Å². The number of halogens is 1. The molecule has 1 aliphatic rings. The average molecular weight is 299 g/mol. The highest BCUT2D eigenvalue weighted by Crippen LogP contribution is 2.16. The maximum absolute atomic E-state index is 12.0. The van der Waals surface area contributed by atoms with Crippen molar-refractivity contribution in [3.8, 4) is 0 Å². The molecule has 1 atom stereocenters. The highest BCUT2D eigenvalue weighted by atomic mass is 35.5. The Kier molecular flexibility index (Phi) is 6.27. The number of nitrogens with one attached hydrogen (secondary N) is 3. The van der Waals surface area contributed by atoms with Gasteiger partial charge in [-0.15, -0.1) is 12.4 Å². The Labute approximate surface area is 123 Å². The monoisotopic (exact) mass is 298 g/mol. The number of carbonyl (C=O) groups is 2. The zero-order valence-corrected chi connectivity index (χ0v) is 11.8. The summed E-state index contributed by atoms with van der Waals surface area (Å²) in [6.07, 6.45) is 3.03. The van der Waals surface area contributed by atoms with E-state index in [1.165, 1.54) is 0 Å². The third-order valence-corrected chi connectivity index (χ3v) is 3.02. The molecule has 0 radical (unpaired) electrons. The van der Waals surface area contributed by atoms with E-state index in [9.17, 15) is 9.59 Å². The van der Waals surface area contributed by atoms with Crippen molar-refractivity contribution in [1.82, 2.24) is 5.32 Å². The lowest BCUT2D eigenvalue weighted by atomic mass is 10.0. The number of rotatable bonds is 3. The molecule has 1 aliphatic heterocycles. The van der Waals surface area contributed by atoms with Crippen LogP contribution in [-0.2, 0) is 4.79 Å². The number of hydrogen-bond donors (Lipinski definition) is 4. The molecule has 2 rings (SSSR count). The van der Waals surface area contributed by atoms with E-state index >= 15 is 0 Å². The number of piperidine rings is 1. The Morgan fingerprint density at radius 2 is 1.90 bits per heavy atom. The van der Waals surface area contributed by atoms with E-state index in [0.717, 1.165) is 25.8 Å². The van der Waals surface area contributed by atoms with Gasteiger partial charge in [0.15, 0.2) is 0 Å². The summed E-state index contributed by atoms with van der Waals surface area (Å²) in [4.78, 5) is 22.8. The van der Waals surface area contributed by atoms with Crippen molar-refractivity contribution >= 4 is 35.7 Å². The molecular weight excluding hydrogens is 280 g/mol. The van der Waals surface area contributed by atoms with Gasteiger partial charge in [-0.3, -0.25) is 4.79 Å². The fourth-order valence-corrected chi connectivity index (χ4v) is 2.12. The zero-order chi connectivity index (χ0) is 13.7. The largest absolute Gasteiger partial charge is 0.351 e. The minimum atomic E-state index is -0.627. The highest BCUT2D eigenvalue weighted by molar-refractivity contribution is 5.96. The molecule has 1 fully saturated rings. The fraction of sp³-hybridized carbons (Fsp3) is 0.385. The third-order valence-electron chi connectivity index (χ3n) is 3.02. The van der Waals surface area contributed by atoms with Crippen molar-refractivity contribution in [3.05, 3.63) is 24.3 Å². The second kappa shape index (κ2) is 7.72. The molecule has 6 nitrogen and oxygen atoms in total. The van der Waals surface area contributed by atoms with Crippen molar-refractivity contribution in [2.24, 2.45) is 5.73 Å². The lowest BCUT2D eigenvalue weighted by Crippen LogP contribution is -2.43. The van der Waals surface area contributed by atoms with E-state index in [4.69, 9.17) is 5.73 Å². The molecule has 0 aliphatic carbocycles. The predicted octanol–water partition coefficient (Wildman–Crippen LogP) is 1.68. The number of nitrogens with two attached hydrogens (primary N) is 1. The average Bonchev–Trinajstić information content (AvgIpc) is 2.39. The van der Waals surface area contributed by atoms with Gasteiger partial charge < -0.3 is 21.7 Å². The lowest BCUT2D eigenvalue weighted by Gasteiger charge is -2.22. The Hall–Kier alpha value is -1.79. The van der Waals surface area contributed by atoms with Gasteiger partial charge in [-0.2, -0.15) is 0 Å². The van der Waals surface area contributed by atoms with Crippen molar-refractivity contribution < 1.29 is 9.59 Å². The molecule has 1 heterocycles. The van der Waals surface area contributed by atoms with Gasteiger partial charge in [-0.25, -0.2) is 4.79 Å². The van der Waals surface area contributed by atoms with Crippen molar-refractivity contribution in [3.63, 3.8) is 0 Å². The van der Waals surface area contributed by atoms with E-state index in [-0.39, 0.29) is 24.4 Å². The molecule has 0 aromatic heterocycles. The zero-order valence-electron chi connectivity index (χ0n) is 11.0. The van der Waals surface area contributed by atoms with Crippen LogP contribution in [0.15, 0.2) is 24.3 Å². The number of benzene rings is 1. The van der Waals surface area contributed by atoms with Gasteiger partial charge >= 0.3 is 6.03 Å². The standard InChI is InChI=1S/C13H18N4O2.ClH/c14-13(19)17-10-5-3-4-9(8-10)16-12(18)11-6-1-2-7-15-11;/h3-5,8,11,15H,1-2,6-7H2,(H,16,18)(H3,14,17,19);1H. The first-order valence-electron chi connectivity index (χ1n) is 6.36. The lowest BCUT2D eigenvalue weighted by molar-refractivity contribution is -0.118. The number of carbonyl (C=O) groups excluding carboxylic acids is 2. The minimum absolute atomic E-state index is 0. The van der Waals surface area contributed by atoms with Crippen LogP contribution in [0.2, 0.25) is 0 Å². The number of primary amides is 1. The van der Waals surface area contributed by atoms with Crippen LogP contribution in [0, 0.1) is 0 Å². The first kappa shape index (κ1) is 16.3. The highest BCUT2D eigenvalue weighted by Gasteiger charge is 2.20. The first-order chi connectivity index (χ1) is 9.15. The van der Waals surface area contributed by atoms with Gasteiger partial charge in [0, 0.05) is 11.4 Å². The number of hydrogen-bond acceptors (Lipinski definition) is 3. The summed E-state index contributed by atoms with van der Waals surface area (Å²) in [6, 6.07) is 6.13. The maximum atomic E-state index is 12.0. The van der Waals surface area contributed by atoms with Gasteiger partial charge in [-0.05, 0) is 37.6 Å². The van der Waals surface area contributed by atoms with Gasteiger partial charge in [0.1, 0.15) is 0 Å². The van der Waals surface area contributed by atoms with Crippen LogP contribution >= 0.6 is 12.4 Å². The molecule has 1 aromatic carbocycles. The summed E-state index contributed by atoms with van der Waals surface area (Å²) >= 11 is 0. The molecule has 5 N–H and O–H groups in total. The van der Waals surface area contributed by atoms with Crippen LogP contribution in [-0.4, -0.2) is 24.5 Å². The SMILES string of the molecule is Cl.NC(=O)Nc1cccc(NC(=O)C2CCCCN2)c1. The van der Waals surface area contributed by atoms with Crippen LogP contribution in [0.3, 0.4) is 0 Å². The Morgan fingerprint density at radius 1 is 1.20 bits per heavy atom. The molecule has 1 saturated heterocycles. The summed E-state index contributed by atoms with van der Waals surface area (Å²) in [6.45, 7) is 0.876. The number of amides is 3. The maximum Gasteiger partial charge on any atom is 0.316 e. The minimum Gasteiger partial charge on any atom is -0.351 e. The van der Waals surface area contributed by atoms with Crippen LogP contribution in [0.1, 0.15) is 19.3 Å². The molecule has 1 unspecified atom stereocenters. The second-order valence-electron chi connectivity index (χ2n) is 4.56.